The Bertz CT molecular complexity index is 605. The Hall–Kier alpha value is -0.880. The molecule has 1 aliphatic heterocycles. The van der Waals surface area contributed by atoms with Crippen molar-refractivity contribution in [3.8, 4) is 0 Å². The highest BCUT2D eigenvalue weighted by molar-refractivity contribution is 9.10. The third kappa shape index (κ3) is 4.32. The van der Waals surface area contributed by atoms with Crippen LogP contribution in [0.25, 0.3) is 0 Å². The lowest BCUT2D eigenvalue weighted by Crippen LogP contribution is -2.38. The number of ether oxygens (including phenoxy) is 1. The van der Waals surface area contributed by atoms with Gasteiger partial charge in [0.15, 0.2) is 0 Å². The van der Waals surface area contributed by atoms with E-state index in [1.54, 1.807) is 0 Å². The van der Waals surface area contributed by atoms with Crippen LogP contribution in [0.4, 0.5) is 0 Å². The van der Waals surface area contributed by atoms with Crippen LogP contribution < -0.4 is 0 Å². The number of hydrogen-bond acceptors (Lipinski definition) is 3. The number of rotatable bonds is 5. The molecule has 118 valence electrons. The number of aromatic nitrogens is 2. The van der Waals surface area contributed by atoms with Crippen LogP contribution in [0.3, 0.4) is 0 Å². The molecule has 0 saturated carbocycles. The van der Waals surface area contributed by atoms with E-state index in [4.69, 9.17) is 16.3 Å². The molecule has 0 unspecified atom stereocenters. The van der Waals surface area contributed by atoms with E-state index in [0.717, 1.165) is 66.7 Å². The molecule has 4 nitrogen and oxygen atoms in total. The van der Waals surface area contributed by atoms with Gasteiger partial charge in [-0.05, 0) is 23.8 Å². The summed E-state index contributed by atoms with van der Waals surface area (Å²) < 4.78 is 8.61. The van der Waals surface area contributed by atoms with Gasteiger partial charge in [0.2, 0.25) is 0 Å². The Morgan fingerprint density at radius 1 is 1.18 bits per heavy atom. The molecule has 0 N–H and O–H groups in total. The Morgan fingerprint density at radius 3 is 2.77 bits per heavy atom. The monoisotopic (exact) mass is 383 g/mol. The number of hydrogen-bond donors (Lipinski definition) is 0. The van der Waals surface area contributed by atoms with E-state index < -0.39 is 0 Å². The van der Waals surface area contributed by atoms with E-state index in [2.05, 4.69) is 42.6 Å². The molecule has 1 aromatic carbocycles. The zero-order valence-corrected chi connectivity index (χ0v) is 14.7. The van der Waals surface area contributed by atoms with Crippen molar-refractivity contribution in [3.05, 3.63) is 51.5 Å². The number of morpholine rings is 1. The highest BCUT2D eigenvalue weighted by Gasteiger charge is 2.11. The topological polar surface area (TPSA) is 30.3 Å². The Morgan fingerprint density at radius 2 is 2.00 bits per heavy atom. The minimum absolute atomic E-state index is 0.746. The molecule has 1 saturated heterocycles. The van der Waals surface area contributed by atoms with Crippen molar-refractivity contribution in [2.45, 2.75) is 13.0 Å². The van der Waals surface area contributed by atoms with Crippen LogP contribution in [-0.2, 0) is 17.7 Å². The van der Waals surface area contributed by atoms with E-state index in [9.17, 15) is 0 Å². The molecule has 22 heavy (non-hydrogen) atoms. The van der Waals surface area contributed by atoms with Gasteiger partial charge in [-0.25, -0.2) is 4.98 Å². The van der Waals surface area contributed by atoms with Gasteiger partial charge in [-0.15, -0.1) is 0 Å². The zero-order valence-electron chi connectivity index (χ0n) is 12.3. The van der Waals surface area contributed by atoms with Gasteiger partial charge in [-0.2, -0.15) is 0 Å². The van der Waals surface area contributed by atoms with Gasteiger partial charge in [0.25, 0.3) is 0 Å². The molecule has 0 bridgehead atoms. The first-order valence-corrected chi connectivity index (χ1v) is 8.63. The van der Waals surface area contributed by atoms with Crippen molar-refractivity contribution in [2.24, 2.45) is 0 Å². The molecule has 1 aliphatic rings. The van der Waals surface area contributed by atoms with Crippen LogP contribution >= 0.6 is 27.5 Å². The molecule has 2 heterocycles. The maximum absolute atomic E-state index is 6.12. The molecular formula is C16H19BrClN3O. The third-order valence-electron chi connectivity index (χ3n) is 3.85. The smallest absolute Gasteiger partial charge is 0.113 e. The lowest BCUT2D eigenvalue weighted by molar-refractivity contribution is 0.0363. The number of imidazole rings is 1. The van der Waals surface area contributed by atoms with Crippen LogP contribution in [0.1, 0.15) is 11.4 Å². The maximum atomic E-state index is 6.12. The Labute approximate surface area is 144 Å². The lowest BCUT2D eigenvalue weighted by Gasteiger charge is -2.26. The minimum Gasteiger partial charge on any atom is -0.379 e. The minimum atomic E-state index is 0.746. The van der Waals surface area contributed by atoms with E-state index in [-0.39, 0.29) is 0 Å². The van der Waals surface area contributed by atoms with Gasteiger partial charge in [0.1, 0.15) is 5.82 Å². The fourth-order valence-electron chi connectivity index (χ4n) is 2.68. The van der Waals surface area contributed by atoms with Gasteiger partial charge < -0.3 is 9.30 Å². The summed E-state index contributed by atoms with van der Waals surface area (Å²) >= 11 is 9.61. The molecular weight excluding hydrogens is 366 g/mol. The maximum Gasteiger partial charge on any atom is 0.113 e. The van der Waals surface area contributed by atoms with Crippen molar-refractivity contribution in [2.75, 3.05) is 32.8 Å². The first-order chi connectivity index (χ1) is 10.7. The standard InChI is InChI=1S/C16H19BrClN3O/c17-14-9-13(10-15(18)12-14)11-16-19-1-2-21(16)4-3-20-5-7-22-8-6-20/h1-2,9-10,12H,3-8,11H2. The molecule has 0 spiro atoms. The summed E-state index contributed by atoms with van der Waals surface area (Å²) in [6.07, 6.45) is 4.71. The van der Waals surface area contributed by atoms with Gasteiger partial charge in [0, 0.05) is 54.5 Å². The van der Waals surface area contributed by atoms with Gasteiger partial charge in [-0.1, -0.05) is 27.5 Å². The summed E-state index contributed by atoms with van der Waals surface area (Å²) in [4.78, 5) is 6.93. The normalized spacial score (nSPS) is 16.1. The number of benzene rings is 1. The third-order valence-corrected chi connectivity index (χ3v) is 4.52. The SMILES string of the molecule is Clc1cc(Br)cc(Cc2nccn2CCN2CCOCC2)c1. The van der Waals surface area contributed by atoms with Crippen molar-refractivity contribution in [3.63, 3.8) is 0 Å². The Kier molecular flexibility index (Phi) is 5.52. The van der Waals surface area contributed by atoms with E-state index in [1.165, 1.54) is 0 Å². The summed E-state index contributed by atoms with van der Waals surface area (Å²) in [6.45, 7) is 5.71. The second-order valence-electron chi connectivity index (χ2n) is 5.45. The molecule has 1 fully saturated rings. The predicted molar refractivity (Wildman–Crippen MR) is 91.4 cm³/mol. The van der Waals surface area contributed by atoms with E-state index >= 15 is 0 Å². The van der Waals surface area contributed by atoms with Gasteiger partial charge in [0.05, 0.1) is 13.2 Å². The summed E-state index contributed by atoms with van der Waals surface area (Å²) in [5.41, 5.74) is 1.16. The first kappa shape index (κ1) is 16.0. The van der Waals surface area contributed by atoms with Crippen molar-refractivity contribution in [1.29, 1.82) is 0 Å². The Balaban J connectivity index is 1.63. The fraction of sp³-hybridized carbons (Fsp3) is 0.438. The molecule has 1 aromatic heterocycles. The van der Waals surface area contributed by atoms with Crippen LogP contribution in [0.2, 0.25) is 5.02 Å². The van der Waals surface area contributed by atoms with Crippen LogP contribution in [0.15, 0.2) is 35.1 Å². The fourth-order valence-corrected chi connectivity index (χ4v) is 3.61. The van der Waals surface area contributed by atoms with Crippen molar-refractivity contribution in [1.82, 2.24) is 14.5 Å². The number of halogens is 2. The van der Waals surface area contributed by atoms with E-state index in [1.807, 2.05) is 18.3 Å². The van der Waals surface area contributed by atoms with Crippen LogP contribution in [0.5, 0.6) is 0 Å². The highest BCUT2D eigenvalue weighted by atomic mass is 79.9. The van der Waals surface area contributed by atoms with Crippen LogP contribution in [-0.4, -0.2) is 47.3 Å². The van der Waals surface area contributed by atoms with Gasteiger partial charge >= 0.3 is 0 Å². The molecule has 0 amide bonds. The quantitative estimate of drug-likeness (QED) is 0.793. The summed E-state index contributed by atoms with van der Waals surface area (Å²) in [5.74, 6) is 1.07. The first-order valence-electron chi connectivity index (χ1n) is 7.46. The average molecular weight is 385 g/mol. The molecule has 2 aromatic rings. The summed E-state index contributed by atoms with van der Waals surface area (Å²) in [7, 11) is 0. The summed E-state index contributed by atoms with van der Waals surface area (Å²) in [5, 5.41) is 0.746. The summed E-state index contributed by atoms with van der Waals surface area (Å²) in [6, 6.07) is 5.98. The average Bonchev–Trinajstić information content (AvgIpc) is 2.92. The largest absolute Gasteiger partial charge is 0.379 e. The number of nitrogens with zero attached hydrogens (tertiary/aromatic N) is 3. The molecule has 0 atom stereocenters. The highest BCUT2D eigenvalue weighted by Crippen LogP contribution is 2.21. The van der Waals surface area contributed by atoms with Gasteiger partial charge in [-0.3, -0.25) is 4.90 Å². The molecule has 6 heteroatoms. The zero-order chi connectivity index (χ0) is 15.4. The molecule has 3 rings (SSSR count). The van der Waals surface area contributed by atoms with E-state index in [0.29, 0.717) is 0 Å². The van der Waals surface area contributed by atoms with Crippen LogP contribution in [0, 0.1) is 0 Å². The molecule has 0 aliphatic carbocycles. The second-order valence-corrected chi connectivity index (χ2v) is 6.80. The predicted octanol–water partition coefficient (Wildman–Crippen LogP) is 3.22. The van der Waals surface area contributed by atoms with Crippen molar-refractivity contribution < 1.29 is 4.74 Å². The lowest BCUT2D eigenvalue weighted by atomic mass is 10.1. The molecule has 0 radical (unpaired) electrons. The second kappa shape index (κ2) is 7.59. The van der Waals surface area contributed by atoms with Crippen molar-refractivity contribution >= 4 is 27.5 Å².